The zero-order valence-corrected chi connectivity index (χ0v) is 23.6. The maximum absolute atomic E-state index is 13.5. The molecular formula is C35H36N2O3. The second kappa shape index (κ2) is 11.4. The van der Waals surface area contributed by atoms with E-state index in [1.807, 2.05) is 69.4 Å². The van der Waals surface area contributed by atoms with Crippen molar-refractivity contribution < 1.29 is 14.3 Å². The summed E-state index contributed by atoms with van der Waals surface area (Å²) in [6.45, 7) is 7.73. The number of aromatic amines is 1. The van der Waals surface area contributed by atoms with Crippen molar-refractivity contribution in [3.63, 3.8) is 0 Å². The minimum Gasteiger partial charge on any atom is -0.460 e. The van der Waals surface area contributed by atoms with Crippen molar-refractivity contribution in [1.82, 2.24) is 10.3 Å². The lowest BCUT2D eigenvalue weighted by Gasteiger charge is -2.22. The first-order valence-electron chi connectivity index (χ1n) is 13.8. The highest BCUT2D eigenvalue weighted by Crippen LogP contribution is 2.31. The smallest absolute Gasteiger partial charge is 0.306 e. The van der Waals surface area contributed by atoms with Crippen LogP contribution in [0.1, 0.15) is 61.1 Å². The first kappa shape index (κ1) is 27.2. The van der Waals surface area contributed by atoms with Crippen molar-refractivity contribution in [3.8, 4) is 0 Å². The van der Waals surface area contributed by atoms with Crippen LogP contribution in [-0.4, -0.2) is 22.5 Å². The molecule has 1 unspecified atom stereocenters. The van der Waals surface area contributed by atoms with Gasteiger partial charge in [0, 0.05) is 23.5 Å². The molecule has 5 rings (SSSR count). The number of benzene rings is 4. The Morgan fingerprint density at radius 3 is 2.35 bits per heavy atom. The van der Waals surface area contributed by atoms with Crippen LogP contribution in [0.25, 0.3) is 21.7 Å². The Hall–Kier alpha value is -4.38. The van der Waals surface area contributed by atoms with E-state index in [1.54, 1.807) is 0 Å². The fourth-order valence-corrected chi connectivity index (χ4v) is 5.28. The molecule has 204 valence electrons. The number of hydrogen-bond donors (Lipinski definition) is 2. The standard InChI is InChI=1S/C35H36N2O3/c1-23-14-17-29(28-13-9-8-12-27(23)28)34(25-10-6-5-7-11-25)37-32(38)21-24-15-18-31-30(20-24)26(22-36-31)16-19-33(39)40-35(2,3)4/h5-15,17-18,20,22,34,36H,16,19,21H2,1-4H3,(H,37,38). The van der Waals surface area contributed by atoms with Crippen LogP contribution >= 0.6 is 0 Å². The number of H-pyrrole nitrogens is 1. The number of ether oxygens (including phenoxy) is 1. The van der Waals surface area contributed by atoms with Gasteiger partial charge >= 0.3 is 5.97 Å². The zero-order chi connectivity index (χ0) is 28.3. The molecular weight excluding hydrogens is 496 g/mol. The third-order valence-corrected chi connectivity index (χ3v) is 7.14. The summed E-state index contributed by atoms with van der Waals surface area (Å²) in [4.78, 5) is 29.0. The molecule has 0 fully saturated rings. The SMILES string of the molecule is Cc1ccc(C(NC(=O)Cc2ccc3[nH]cc(CCC(=O)OC(C)(C)C)c3c2)c2ccccc2)c2ccccc12. The average Bonchev–Trinajstić information content (AvgIpc) is 3.33. The van der Waals surface area contributed by atoms with Crippen LogP contribution in [0.3, 0.4) is 0 Å². The summed E-state index contributed by atoms with van der Waals surface area (Å²) < 4.78 is 5.47. The van der Waals surface area contributed by atoms with Crippen LogP contribution in [-0.2, 0) is 27.2 Å². The van der Waals surface area contributed by atoms with E-state index in [0.717, 1.165) is 38.5 Å². The average molecular weight is 533 g/mol. The molecule has 1 atom stereocenters. The van der Waals surface area contributed by atoms with E-state index in [1.165, 1.54) is 10.9 Å². The highest BCUT2D eigenvalue weighted by atomic mass is 16.6. The van der Waals surface area contributed by atoms with Crippen molar-refractivity contribution >= 4 is 33.6 Å². The molecule has 0 saturated carbocycles. The summed E-state index contributed by atoms with van der Waals surface area (Å²) in [5.41, 5.74) is 5.76. The number of carbonyl (C=O) groups excluding carboxylic acids is 2. The van der Waals surface area contributed by atoms with Crippen LogP contribution in [0.2, 0.25) is 0 Å². The van der Waals surface area contributed by atoms with Crippen molar-refractivity contribution in [2.75, 3.05) is 0 Å². The zero-order valence-electron chi connectivity index (χ0n) is 23.6. The van der Waals surface area contributed by atoms with Gasteiger partial charge in [-0.25, -0.2) is 0 Å². The Morgan fingerprint density at radius 1 is 0.875 bits per heavy atom. The number of nitrogens with one attached hydrogen (secondary N) is 2. The van der Waals surface area contributed by atoms with E-state index < -0.39 is 5.60 Å². The van der Waals surface area contributed by atoms with E-state index in [2.05, 4.69) is 59.7 Å². The molecule has 5 aromatic rings. The summed E-state index contributed by atoms with van der Waals surface area (Å²) in [5, 5.41) is 6.67. The van der Waals surface area contributed by atoms with Gasteiger partial charge in [0.05, 0.1) is 12.5 Å². The van der Waals surface area contributed by atoms with Gasteiger partial charge in [-0.1, -0.05) is 72.8 Å². The second-order valence-corrected chi connectivity index (χ2v) is 11.4. The van der Waals surface area contributed by atoms with Crippen molar-refractivity contribution in [2.45, 2.75) is 58.6 Å². The molecule has 0 bridgehead atoms. The Morgan fingerprint density at radius 2 is 1.60 bits per heavy atom. The third-order valence-electron chi connectivity index (χ3n) is 7.14. The molecule has 0 saturated heterocycles. The van der Waals surface area contributed by atoms with Gasteiger partial charge in [-0.2, -0.15) is 0 Å². The number of fused-ring (bicyclic) bond motifs is 2. The van der Waals surface area contributed by atoms with Gasteiger partial charge in [0.1, 0.15) is 5.60 Å². The first-order chi connectivity index (χ1) is 19.2. The highest BCUT2D eigenvalue weighted by Gasteiger charge is 2.20. The molecule has 1 amide bonds. The van der Waals surface area contributed by atoms with Crippen molar-refractivity contribution in [3.05, 3.63) is 119 Å². The maximum atomic E-state index is 13.5. The normalized spacial score (nSPS) is 12.4. The quantitative estimate of drug-likeness (QED) is 0.205. The molecule has 4 aromatic carbocycles. The van der Waals surface area contributed by atoms with Gasteiger partial charge in [-0.15, -0.1) is 0 Å². The summed E-state index contributed by atoms with van der Waals surface area (Å²) in [5.74, 6) is -0.267. The molecule has 5 heteroatoms. The fraction of sp³-hybridized carbons (Fsp3) is 0.257. The molecule has 0 spiro atoms. The topological polar surface area (TPSA) is 71.2 Å². The fourth-order valence-electron chi connectivity index (χ4n) is 5.28. The van der Waals surface area contributed by atoms with Gasteiger partial charge < -0.3 is 15.0 Å². The Balaban J connectivity index is 1.37. The maximum Gasteiger partial charge on any atom is 0.306 e. The van der Waals surface area contributed by atoms with Crippen molar-refractivity contribution in [1.29, 1.82) is 0 Å². The molecule has 0 aliphatic heterocycles. The molecule has 2 N–H and O–H groups in total. The van der Waals surface area contributed by atoms with Gasteiger partial charge in [-0.05, 0) is 84.8 Å². The summed E-state index contributed by atoms with van der Waals surface area (Å²) in [6.07, 6.45) is 3.06. The monoisotopic (exact) mass is 532 g/mol. The van der Waals surface area contributed by atoms with Gasteiger partial charge in [-0.3, -0.25) is 9.59 Å². The Kier molecular flexibility index (Phi) is 7.74. The van der Waals surface area contributed by atoms with E-state index in [0.29, 0.717) is 12.8 Å². The number of rotatable bonds is 8. The predicted octanol–water partition coefficient (Wildman–Crippen LogP) is 7.35. The summed E-state index contributed by atoms with van der Waals surface area (Å²) in [7, 11) is 0. The molecule has 1 aromatic heterocycles. The number of carbonyl (C=O) groups is 2. The van der Waals surface area contributed by atoms with Crippen LogP contribution in [0, 0.1) is 6.92 Å². The number of esters is 1. The molecule has 5 nitrogen and oxygen atoms in total. The predicted molar refractivity (Wildman–Crippen MR) is 161 cm³/mol. The van der Waals surface area contributed by atoms with Crippen LogP contribution < -0.4 is 5.32 Å². The van der Waals surface area contributed by atoms with Crippen LogP contribution in [0.5, 0.6) is 0 Å². The number of aryl methyl sites for hydroxylation is 2. The summed E-state index contributed by atoms with van der Waals surface area (Å²) >= 11 is 0. The van der Waals surface area contributed by atoms with Gasteiger partial charge in [0.15, 0.2) is 0 Å². The van der Waals surface area contributed by atoms with Crippen molar-refractivity contribution in [2.24, 2.45) is 0 Å². The lowest BCUT2D eigenvalue weighted by molar-refractivity contribution is -0.154. The van der Waals surface area contributed by atoms with E-state index in [4.69, 9.17) is 4.74 Å². The van der Waals surface area contributed by atoms with Crippen LogP contribution in [0.4, 0.5) is 0 Å². The highest BCUT2D eigenvalue weighted by molar-refractivity contribution is 5.91. The molecule has 0 aliphatic rings. The van der Waals surface area contributed by atoms with E-state index >= 15 is 0 Å². The second-order valence-electron chi connectivity index (χ2n) is 11.4. The number of amides is 1. The molecule has 1 heterocycles. The Bertz CT molecular complexity index is 1660. The summed E-state index contributed by atoms with van der Waals surface area (Å²) in [6, 6.07) is 28.5. The lowest BCUT2D eigenvalue weighted by Crippen LogP contribution is -2.30. The molecule has 40 heavy (non-hydrogen) atoms. The van der Waals surface area contributed by atoms with E-state index in [-0.39, 0.29) is 24.3 Å². The number of aromatic nitrogens is 1. The first-order valence-corrected chi connectivity index (χ1v) is 13.8. The largest absolute Gasteiger partial charge is 0.460 e. The lowest BCUT2D eigenvalue weighted by atomic mass is 9.91. The molecule has 0 radical (unpaired) electrons. The Labute approximate surface area is 235 Å². The minimum atomic E-state index is -0.500. The molecule has 0 aliphatic carbocycles. The van der Waals surface area contributed by atoms with Gasteiger partial charge in [0.2, 0.25) is 5.91 Å². The van der Waals surface area contributed by atoms with Crippen LogP contribution in [0.15, 0.2) is 91.1 Å². The minimum absolute atomic E-state index is 0.0521. The van der Waals surface area contributed by atoms with E-state index in [9.17, 15) is 9.59 Å². The third kappa shape index (κ3) is 6.26. The number of hydrogen-bond acceptors (Lipinski definition) is 3. The van der Waals surface area contributed by atoms with Gasteiger partial charge in [0.25, 0.3) is 0 Å².